The van der Waals surface area contributed by atoms with E-state index in [0.717, 1.165) is 0 Å². The summed E-state index contributed by atoms with van der Waals surface area (Å²) in [6, 6.07) is 0. The molecule has 0 bridgehead atoms. The summed E-state index contributed by atoms with van der Waals surface area (Å²) < 4.78 is 1.31. The summed E-state index contributed by atoms with van der Waals surface area (Å²) in [7, 11) is 0. The molecule has 0 aromatic rings. The molecule has 56 valence electrons. The van der Waals surface area contributed by atoms with Crippen LogP contribution in [0.4, 0.5) is 0 Å². The average molecular weight is 365 g/mol. The summed E-state index contributed by atoms with van der Waals surface area (Å²) in [5, 5.41) is 0. The van der Waals surface area contributed by atoms with E-state index in [9.17, 15) is 0 Å². The summed E-state index contributed by atoms with van der Waals surface area (Å²) in [6.07, 6.45) is 2.05. The van der Waals surface area contributed by atoms with Gasteiger partial charge in [-0.25, -0.2) is 0 Å². The second-order valence-corrected chi connectivity index (χ2v) is 18.8. The summed E-state index contributed by atoms with van der Waals surface area (Å²) in [6.45, 7) is 3.70. The van der Waals surface area contributed by atoms with Gasteiger partial charge in [0, 0.05) is 0 Å². The van der Waals surface area contributed by atoms with Crippen molar-refractivity contribution < 1.29 is 34.0 Å². The van der Waals surface area contributed by atoms with Crippen LogP contribution in [0, 0.1) is 0 Å². The first-order valence-electron chi connectivity index (χ1n) is 2.67. The Kier molecular flexibility index (Phi) is 14.2. The molecule has 0 nitrogen and oxygen atoms in total. The molecule has 0 aromatic heterocycles. The van der Waals surface area contributed by atoms with Crippen molar-refractivity contribution in [2.75, 3.05) is 0 Å². The van der Waals surface area contributed by atoms with Crippen molar-refractivity contribution in [3.05, 3.63) is 12.7 Å². The minimum atomic E-state index is -1.39. The van der Waals surface area contributed by atoms with Gasteiger partial charge in [-0.15, -0.1) is 0 Å². The molecule has 0 saturated heterocycles. The minimum Gasteiger partial charge on any atom is -1.00 e. The molecule has 0 fully saturated rings. The standard InChI is InChI=1S/C3H5.3CH3.2BrH.Sn/c1-3-2;;;;;;/h3H,1-2H2;3*1H3;2*1H;/q;;;;;;+2/p-2. The minimum absolute atomic E-state index is 0. The Bertz CT molecular complexity index is 65.9. The van der Waals surface area contributed by atoms with E-state index in [1.54, 1.807) is 0 Å². The Morgan fingerprint density at radius 3 is 1.56 bits per heavy atom. The molecule has 0 saturated carbocycles. The zero-order valence-corrected chi connectivity index (χ0v) is 12.3. The van der Waals surface area contributed by atoms with Crippen LogP contribution in [0.2, 0.25) is 19.3 Å². The van der Waals surface area contributed by atoms with Crippen molar-refractivity contribution in [1.29, 1.82) is 0 Å². The van der Waals surface area contributed by atoms with E-state index in [4.69, 9.17) is 0 Å². The molecule has 0 spiro atoms. The van der Waals surface area contributed by atoms with Crippen LogP contribution in [0.3, 0.4) is 0 Å². The van der Waals surface area contributed by atoms with Gasteiger partial charge in [0.05, 0.1) is 0 Å². The Hall–Kier alpha value is 1.50. The zero-order chi connectivity index (χ0) is 5.91. The van der Waals surface area contributed by atoms with Gasteiger partial charge in [0.1, 0.15) is 0 Å². The summed E-state index contributed by atoms with van der Waals surface area (Å²) in [4.78, 5) is 7.24. The normalized spacial score (nSPS) is 8.78. The van der Waals surface area contributed by atoms with Crippen LogP contribution >= 0.6 is 0 Å². The third kappa shape index (κ3) is 17.7. The molecule has 0 aromatic carbocycles. The van der Waals surface area contributed by atoms with Crippen molar-refractivity contribution in [3.8, 4) is 0 Å². The first-order valence-corrected chi connectivity index (χ1v) is 13.3. The van der Waals surface area contributed by atoms with Crippen LogP contribution in [0.1, 0.15) is 0 Å². The van der Waals surface area contributed by atoms with E-state index in [2.05, 4.69) is 27.5 Å². The molecule has 0 amide bonds. The molecular weight excluding hydrogens is 351 g/mol. The molecule has 2 radical (unpaired) electrons. The van der Waals surface area contributed by atoms with Gasteiger partial charge >= 0.3 is 50.3 Å². The van der Waals surface area contributed by atoms with Crippen LogP contribution < -0.4 is 34.0 Å². The molecule has 0 atom stereocenters. The molecule has 9 heavy (non-hydrogen) atoms. The van der Waals surface area contributed by atoms with Gasteiger partial charge < -0.3 is 34.0 Å². The SMILES string of the molecule is C=C[CH2][Sn+2]([CH3])([CH3])[CH3].[Br-].[Br-]. The fourth-order valence-electron chi connectivity index (χ4n) is 0.433. The van der Waals surface area contributed by atoms with Crippen molar-refractivity contribution in [2.24, 2.45) is 0 Å². The maximum atomic E-state index is 3.70. The van der Waals surface area contributed by atoms with Crippen LogP contribution in [0.5, 0.6) is 0 Å². The van der Waals surface area contributed by atoms with E-state index in [1.165, 1.54) is 4.44 Å². The van der Waals surface area contributed by atoms with Gasteiger partial charge in [0.2, 0.25) is 0 Å². The Labute approximate surface area is 83.5 Å². The van der Waals surface area contributed by atoms with E-state index in [-0.39, 0.29) is 34.0 Å². The maximum Gasteiger partial charge on any atom is -1.00 e. The first kappa shape index (κ1) is 16.8. The van der Waals surface area contributed by atoms with Crippen molar-refractivity contribution >= 4 is 18.4 Å². The van der Waals surface area contributed by atoms with Crippen LogP contribution in [0.25, 0.3) is 0 Å². The van der Waals surface area contributed by atoms with Gasteiger partial charge in [-0.2, -0.15) is 0 Å². The molecule has 0 N–H and O–H groups in total. The Balaban J connectivity index is -0.000000180. The molecule has 0 aliphatic rings. The average Bonchev–Trinajstić information content (AvgIpc) is 1.30. The molecule has 0 unspecified atom stereocenters. The van der Waals surface area contributed by atoms with Crippen LogP contribution in [-0.2, 0) is 0 Å². The molecule has 0 aliphatic carbocycles. The number of allylic oxidation sites excluding steroid dienone is 1. The fourth-order valence-corrected chi connectivity index (χ4v) is 2.90. The number of halogens is 2. The summed E-state index contributed by atoms with van der Waals surface area (Å²) in [5.41, 5.74) is 0. The second-order valence-electron chi connectivity index (χ2n) is 3.05. The predicted octanol–water partition coefficient (Wildman–Crippen LogP) is -3.48. The summed E-state index contributed by atoms with van der Waals surface area (Å²) in [5.74, 6) is 0. The van der Waals surface area contributed by atoms with Crippen molar-refractivity contribution in [1.82, 2.24) is 0 Å². The van der Waals surface area contributed by atoms with Gasteiger partial charge in [-0.3, -0.25) is 0 Å². The number of rotatable bonds is 2. The smallest absolute Gasteiger partial charge is 1.00 e. The van der Waals surface area contributed by atoms with Crippen molar-refractivity contribution in [2.45, 2.75) is 19.3 Å². The van der Waals surface area contributed by atoms with Gasteiger partial charge in [0.25, 0.3) is 0 Å². The van der Waals surface area contributed by atoms with Gasteiger partial charge in [-0.1, -0.05) is 0 Å². The van der Waals surface area contributed by atoms with Gasteiger partial charge in [-0.05, 0) is 0 Å². The molecule has 0 rings (SSSR count). The molecule has 0 aliphatic heterocycles. The van der Waals surface area contributed by atoms with E-state index >= 15 is 0 Å². The quantitative estimate of drug-likeness (QED) is 0.353. The van der Waals surface area contributed by atoms with Gasteiger partial charge in [0.15, 0.2) is 0 Å². The molecule has 0 heterocycles. The van der Waals surface area contributed by atoms with Crippen LogP contribution in [0.15, 0.2) is 12.7 Å². The van der Waals surface area contributed by atoms with E-state index < -0.39 is 18.4 Å². The zero-order valence-electron chi connectivity index (χ0n) is 6.25. The topological polar surface area (TPSA) is 0 Å². The predicted molar refractivity (Wildman–Crippen MR) is 38.4 cm³/mol. The fraction of sp³-hybridized carbons (Fsp3) is 0.667. The van der Waals surface area contributed by atoms with Crippen LogP contribution in [-0.4, -0.2) is 18.4 Å². The van der Waals surface area contributed by atoms with Crippen molar-refractivity contribution in [3.63, 3.8) is 0 Å². The number of hydrogen-bond donors (Lipinski definition) is 0. The first-order chi connectivity index (χ1) is 3.06. The molecular formula is C6H14Br2Sn. The largest absolute Gasteiger partial charge is 1.00 e. The molecule has 3 heteroatoms. The second kappa shape index (κ2) is 7.60. The monoisotopic (exact) mass is 364 g/mol. The summed E-state index contributed by atoms with van der Waals surface area (Å²) >= 11 is -1.39. The van der Waals surface area contributed by atoms with E-state index in [1.807, 2.05) is 0 Å². The third-order valence-corrected chi connectivity index (χ3v) is 5.08. The Morgan fingerprint density at radius 2 is 1.56 bits per heavy atom. The maximum absolute atomic E-state index is 3.70. The number of hydrogen-bond acceptors (Lipinski definition) is 0. The van der Waals surface area contributed by atoms with E-state index in [0.29, 0.717) is 0 Å². The third-order valence-electron chi connectivity index (χ3n) is 0.757. The Morgan fingerprint density at radius 1 is 1.22 bits per heavy atom.